The molecule has 2 aromatic rings. The molecule has 6 nitrogen and oxygen atoms in total. The number of benzene rings is 1. The van der Waals surface area contributed by atoms with Crippen LogP contribution in [0.15, 0.2) is 47.2 Å². The Balaban J connectivity index is 2.25. The van der Waals surface area contributed by atoms with Crippen molar-refractivity contribution in [2.75, 3.05) is 0 Å². The second-order valence-electron chi connectivity index (χ2n) is 3.53. The summed E-state index contributed by atoms with van der Waals surface area (Å²) in [5.41, 5.74) is -0.0399. The largest absolute Gasteiger partial charge is 0.304 e. The number of nitro groups is 1. The summed E-state index contributed by atoms with van der Waals surface area (Å²) < 4.78 is 1.80. The highest BCUT2D eigenvalue weighted by Crippen LogP contribution is 2.34. The van der Waals surface area contributed by atoms with E-state index in [1.54, 1.807) is 23.0 Å². The topological polar surface area (TPSA) is 73.8 Å². The first-order chi connectivity index (χ1) is 9.11. The Morgan fingerprint density at radius 2 is 2.37 bits per heavy atom. The zero-order valence-corrected chi connectivity index (χ0v) is 11.3. The van der Waals surface area contributed by atoms with Crippen LogP contribution in [0.3, 0.4) is 0 Å². The van der Waals surface area contributed by atoms with E-state index in [9.17, 15) is 10.1 Å². The van der Waals surface area contributed by atoms with Crippen LogP contribution in [-0.4, -0.2) is 19.7 Å². The smallest absolute Gasteiger partial charge is 0.270 e. The van der Waals surface area contributed by atoms with Crippen molar-refractivity contribution in [3.63, 3.8) is 0 Å². The highest BCUT2D eigenvalue weighted by Gasteiger charge is 2.12. The van der Waals surface area contributed by atoms with Gasteiger partial charge in [0, 0.05) is 23.6 Å². The van der Waals surface area contributed by atoms with Crippen LogP contribution >= 0.6 is 23.4 Å². The summed E-state index contributed by atoms with van der Waals surface area (Å²) in [4.78, 5) is 10.8. The SMILES string of the molecule is C=CCn1cnnc1Sc1ccc([N+](=O)[O-])cc1Cl. The maximum atomic E-state index is 10.6. The van der Waals surface area contributed by atoms with Gasteiger partial charge in [-0.3, -0.25) is 10.1 Å². The van der Waals surface area contributed by atoms with Gasteiger partial charge in [-0.1, -0.05) is 17.7 Å². The van der Waals surface area contributed by atoms with Gasteiger partial charge < -0.3 is 4.57 Å². The molecule has 0 unspecified atom stereocenters. The molecular formula is C11H9ClN4O2S. The summed E-state index contributed by atoms with van der Waals surface area (Å²) in [6, 6.07) is 4.32. The summed E-state index contributed by atoms with van der Waals surface area (Å²) in [6.45, 7) is 4.23. The summed E-state index contributed by atoms with van der Waals surface area (Å²) in [7, 11) is 0. The van der Waals surface area contributed by atoms with Gasteiger partial charge in [0.1, 0.15) is 6.33 Å². The lowest BCUT2D eigenvalue weighted by Crippen LogP contribution is -1.95. The molecule has 0 atom stereocenters. The summed E-state index contributed by atoms with van der Waals surface area (Å²) in [5, 5.41) is 19.4. The van der Waals surface area contributed by atoms with Gasteiger partial charge in [-0.25, -0.2) is 0 Å². The fourth-order valence-corrected chi connectivity index (χ4v) is 2.48. The van der Waals surface area contributed by atoms with Crippen molar-refractivity contribution in [2.24, 2.45) is 0 Å². The van der Waals surface area contributed by atoms with Crippen LogP contribution in [0.2, 0.25) is 5.02 Å². The monoisotopic (exact) mass is 296 g/mol. The Morgan fingerprint density at radius 3 is 3.00 bits per heavy atom. The van der Waals surface area contributed by atoms with Gasteiger partial charge >= 0.3 is 0 Å². The zero-order chi connectivity index (χ0) is 13.8. The Morgan fingerprint density at radius 1 is 1.58 bits per heavy atom. The lowest BCUT2D eigenvalue weighted by atomic mass is 10.3. The number of allylic oxidation sites excluding steroid dienone is 1. The van der Waals surface area contributed by atoms with Crippen molar-refractivity contribution >= 4 is 29.1 Å². The van der Waals surface area contributed by atoms with Gasteiger partial charge in [0.2, 0.25) is 0 Å². The van der Waals surface area contributed by atoms with Crippen LogP contribution in [0.25, 0.3) is 0 Å². The molecule has 0 spiro atoms. The normalized spacial score (nSPS) is 10.4. The van der Waals surface area contributed by atoms with Crippen molar-refractivity contribution in [3.8, 4) is 0 Å². The lowest BCUT2D eigenvalue weighted by molar-refractivity contribution is -0.384. The van der Waals surface area contributed by atoms with E-state index >= 15 is 0 Å². The third-order valence-electron chi connectivity index (χ3n) is 2.23. The molecule has 8 heteroatoms. The molecule has 0 radical (unpaired) electrons. The van der Waals surface area contributed by atoms with Gasteiger partial charge in [-0.2, -0.15) is 0 Å². The average Bonchev–Trinajstić information content (AvgIpc) is 2.79. The first-order valence-corrected chi connectivity index (χ1v) is 6.41. The van der Waals surface area contributed by atoms with E-state index in [4.69, 9.17) is 11.6 Å². The number of halogens is 1. The minimum atomic E-state index is -0.486. The minimum Gasteiger partial charge on any atom is -0.304 e. The molecule has 0 N–H and O–H groups in total. The second-order valence-corrected chi connectivity index (χ2v) is 4.94. The Hall–Kier alpha value is -1.86. The molecule has 98 valence electrons. The van der Waals surface area contributed by atoms with Gasteiger partial charge in [0.15, 0.2) is 5.16 Å². The van der Waals surface area contributed by atoms with Crippen LogP contribution < -0.4 is 0 Å². The van der Waals surface area contributed by atoms with E-state index in [2.05, 4.69) is 16.8 Å². The van der Waals surface area contributed by atoms with E-state index in [1.807, 2.05) is 0 Å². The van der Waals surface area contributed by atoms with Crippen LogP contribution in [0, 0.1) is 10.1 Å². The minimum absolute atomic E-state index is 0.0399. The molecule has 0 saturated carbocycles. The fraction of sp³-hybridized carbons (Fsp3) is 0.0909. The molecule has 1 heterocycles. The molecule has 0 aliphatic rings. The second kappa shape index (κ2) is 5.85. The number of nitro benzene ring substituents is 1. The van der Waals surface area contributed by atoms with E-state index in [0.29, 0.717) is 21.6 Å². The lowest BCUT2D eigenvalue weighted by Gasteiger charge is -2.04. The van der Waals surface area contributed by atoms with E-state index in [-0.39, 0.29) is 5.69 Å². The highest BCUT2D eigenvalue weighted by molar-refractivity contribution is 7.99. The summed E-state index contributed by atoms with van der Waals surface area (Å²) >= 11 is 7.31. The van der Waals surface area contributed by atoms with Crippen molar-refractivity contribution < 1.29 is 4.92 Å². The van der Waals surface area contributed by atoms with Gasteiger partial charge in [0.05, 0.1) is 9.95 Å². The van der Waals surface area contributed by atoms with Crippen molar-refractivity contribution in [3.05, 3.63) is 52.3 Å². The van der Waals surface area contributed by atoms with Crippen LogP contribution in [0.5, 0.6) is 0 Å². The molecule has 2 rings (SSSR count). The third kappa shape index (κ3) is 3.12. The molecular weight excluding hydrogens is 288 g/mol. The number of hydrogen-bond acceptors (Lipinski definition) is 5. The molecule has 0 amide bonds. The van der Waals surface area contributed by atoms with Gasteiger partial charge in [0.25, 0.3) is 5.69 Å². The Bertz CT molecular complexity index is 629. The zero-order valence-electron chi connectivity index (χ0n) is 9.69. The molecule has 0 saturated heterocycles. The molecule has 0 aliphatic carbocycles. The fourth-order valence-electron chi connectivity index (χ4n) is 1.37. The predicted molar refractivity (Wildman–Crippen MR) is 72.4 cm³/mol. The van der Waals surface area contributed by atoms with Gasteiger partial charge in [-0.05, 0) is 17.8 Å². The first kappa shape index (κ1) is 13.6. The first-order valence-electron chi connectivity index (χ1n) is 5.22. The number of non-ortho nitro benzene ring substituents is 1. The Kier molecular flexibility index (Phi) is 4.18. The van der Waals surface area contributed by atoms with Crippen LogP contribution in [-0.2, 0) is 6.54 Å². The number of aromatic nitrogens is 3. The van der Waals surface area contributed by atoms with Crippen molar-refractivity contribution in [2.45, 2.75) is 16.6 Å². The number of nitrogens with zero attached hydrogens (tertiary/aromatic N) is 4. The van der Waals surface area contributed by atoms with Crippen molar-refractivity contribution in [1.82, 2.24) is 14.8 Å². The number of hydrogen-bond donors (Lipinski definition) is 0. The van der Waals surface area contributed by atoms with Crippen LogP contribution in [0.4, 0.5) is 5.69 Å². The third-order valence-corrected chi connectivity index (χ3v) is 3.73. The Labute approximate surface area is 118 Å². The molecule has 19 heavy (non-hydrogen) atoms. The molecule has 1 aromatic heterocycles. The maximum Gasteiger partial charge on any atom is 0.270 e. The molecule has 1 aromatic carbocycles. The predicted octanol–water partition coefficient (Wildman–Crippen LogP) is 3.18. The maximum absolute atomic E-state index is 10.6. The highest BCUT2D eigenvalue weighted by atomic mass is 35.5. The standard InChI is InChI=1S/C11H9ClN4O2S/c1-2-5-15-7-13-14-11(15)19-10-4-3-8(16(17)18)6-9(10)12/h2-4,6-7H,1,5H2. The van der Waals surface area contributed by atoms with Crippen LogP contribution in [0.1, 0.15) is 0 Å². The van der Waals surface area contributed by atoms with E-state index in [1.165, 1.54) is 23.9 Å². The summed E-state index contributed by atoms with van der Waals surface area (Å²) in [6.07, 6.45) is 3.31. The molecule has 0 fully saturated rings. The average molecular weight is 297 g/mol. The quantitative estimate of drug-likeness (QED) is 0.481. The van der Waals surface area contributed by atoms with Gasteiger partial charge in [-0.15, -0.1) is 16.8 Å². The molecule has 0 aliphatic heterocycles. The number of rotatable bonds is 5. The van der Waals surface area contributed by atoms with Crippen molar-refractivity contribution in [1.29, 1.82) is 0 Å². The van der Waals surface area contributed by atoms with E-state index in [0.717, 1.165) is 0 Å². The van der Waals surface area contributed by atoms with E-state index < -0.39 is 4.92 Å². The summed E-state index contributed by atoms with van der Waals surface area (Å²) in [5.74, 6) is 0. The molecule has 0 bridgehead atoms.